The molecule has 0 fully saturated rings. The Balaban J connectivity index is 1.90. The molecule has 0 spiro atoms. The lowest BCUT2D eigenvalue weighted by molar-refractivity contribution is -0.139. The third-order valence-electron chi connectivity index (χ3n) is 2.38. The van der Waals surface area contributed by atoms with Crippen molar-refractivity contribution in [2.24, 2.45) is 0 Å². The molecule has 0 atom stereocenters. The molecular formula is C13H13N3O3S2. The maximum atomic E-state index is 11.7. The number of esters is 1. The number of hydrogen-bond acceptors (Lipinski definition) is 7. The van der Waals surface area contributed by atoms with Crippen molar-refractivity contribution in [2.45, 2.75) is 13.3 Å². The Morgan fingerprint density at radius 3 is 2.81 bits per heavy atom. The minimum absolute atomic E-state index is 0.0941. The Hall–Kier alpha value is -2.06. The fraction of sp³-hybridized carbons (Fsp3) is 0.231. The Labute approximate surface area is 129 Å². The summed E-state index contributed by atoms with van der Waals surface area (Å²) in [6.07, 6.45) is 3.13. The average Bonchev–Trinajstić information content (AvgIpc) is 3.05. The molecule has 0 aliphatic carbocycles. The number of amides is 1. The molecule has 2 heterocycles. The van der Waals surface area contributed by atoms with Crippen LogP contribution in [0.15, 0.2) is 16.8 Å². The number of hydrogen-bond donors (Lipinski definition) is 1. The van der Waals surface area contributed by atoms with Crippen LogP contribution in [-0.2, 0) is 20.7 Å². The summed E-state index contributed by atoms with van der Waals surface area (Å²) in [5.41, 5.74) is 1.32. The van der Waals surface area contributed by atoms with E-state index in [-0.39, 0.29) is 18.3 Å². The number of anilines is 1. The number of thiazole rings is 2. The number of methoxy groups -OCH3 is 1. The monoisotopic (exact) mass is 323 g/mol. The van der Waals surface area contributed by atoms with Crippen molar-refractivity contribution in [3.8, 4) is 0 Å². The maximum absolute atomic E-state index is 11.7. The second-order valence-electron chi connectivity index (χ2n) is 4.01. The molecule has 21 heavy (non-hydrogen) atoms. The van der Waals surface area contributed by atoms with E-state index in [1.807, 2.05) is 12.3 Å². The van der Waals surface area contributed by atoms with Gasteiger partial charge < -0.3 is 4.74 Å². The fourth-order valence-corrected chi connectivity index (χ4v) is 2.72. The van der Waals surface area contributed by atoms with Gasteiger partial charge in [0.2, 0.25) is 5.91 Å². The van der Waals surface area contributed by atoms with Crippen LogP contribution in [0, 0.1) is 6.92 Å². The SMILES string of the molecule is COC(=O)Cc1csc(NC(=O)/C=C/c2csc(C)n2)n1. The van der Waals surface area contributed by atoms with Crippen LogP contribution < -0.4 is 5.32 Å². The first-order chi connectivity index (χ1) is 10.1. The minimum Gasteiger partial charge on any atom is -0.469 e. The highest BCUT2D eigenvalue weighted by Crippen LogP contribution is 2.16. The molecule has 2 aromatic rings. The molecule has 1 N–H and O–H groups in total. The summed E-state index contributed by atoms with van der Waals surface area (Å²) in [5.74, 6) is -0.656. The van der Waals surface area contributed by atoms with Crippen LogP contribution in [0.25, 0.3) is 6.08 Å². The van der Waals surface area contributed by atoms with E-state index in [1.54, 1.807) is 11.5 Å². The molecule has 0 radical (unpaired) electrons. The summed E-state index contributed by atoms with van der Waals surface area (Å²) in [7, 11) is 1.32. The second-order valence-corrected chi connectivity index (χ2v) is 5.93. The molecule has 0 aromatic carbocycles. The summed E-state index contributed by atoms with van der Waals surface area (Å²) in [4.78, 5) is 31.2. The number of rotatable bonds is 5. The van der Waals surface area contributed by atoms with E-state index in [2.05, 4.69) is 20.0 Å². The largest absolute Gasteiger partial charge is 0.469 e. The van der Waals surface area contributed by atoms with Gasteiger partial charge in [-0.2, -0.15) is 0 Å². The van der Waals surface area contributed by atoms with Gasteiger partial charge in [-0.1, -0.05) is 0 Å². The van der Waals surface area contributed by atoms with E-state index in [0.29, 0.717) is 10.8 Å². The van der Waals surface area contributed by atoms with Gasteiger partial charge in [0.1, 0.15) is 0 Å². The number of aryl methyl sites for hydroxylation is 1. The summed E-state index contributed by atoms with van der Waals surface area (Å²) in [6, 6.07) is 0. The van der Waals surface area contributed by atoms with E-state index in [4.69, 9.17) is 0 Å². The number of carbonyl (C=O) groups is 2. The van der Waals surface area contributed by atoms with E-state index in [0.717, 1.165) is 10.7 Å². The molecule has 0 aliphatic heterocycles. The van der Waals surface area contributed by atoms with E-state index in [1.165, 1.54) is 35.9 Å². The van der Waals surface area contributed by atoms with Gasteiger partial charge in [-0.15, -0.1) is 22.7 Å². The zero-order chi connectivity index (χ0) is 15.2. The van der Waals surface area contributed by atoms with Crippen molar-refractivity contribution in [3.63, 3.8) is 0 Å². The van der Waals surface area contributed by atoms with Gasteiger partial charge in [-0.05, 0) is 13.0 Å². The van der Waals surface area contributed by atoms with Crippen LogP contribution in [0.1, 0.15) is 16.4 Å². The van der Waals surface area contributed by atoms with Crippen LogP contribution >= 0.6 is 22.7 Å². The zero-order valence-electron chi connectivity index (χ0n) is 11.5. The van der Waals surface area contributed by atoms with Crippen LogP contribution in [0.5, 0.6) is 0 Å². The first-order valence-corrected chi connectivity index (χ1v) is 7.75. The van der Waals surface area contributed by atoms with E-state index < -0.39 is 0 Å². The Kier molecular flexibility index (Phi) is 5.18. The lowest BCUT2D eigenvalue weighted by atomic mass is 10.3. The van der Waals surface area contributed by atoms with Gasteiger partial charge in [0.25, 0.3) is 0 Å². The van der Waals surface area contributed by atoms with E-state index in [9.17, 15) is 9.59 Å². The van der Waals surface area contributed by atoms with Gasteiger partial charge >= 0.3 is 5.97 Å². The Morgan fingerprint density at radius 1 is 1.33 bits per heavy atom. The Morgan fingerprint density at radius 2 is 2.14 bits per heavy atom. The normalized spacial score (nSPS) is 10.8. The number of ether oxygens (including phenoxy) is 1. The summed E-state index contributed by atoms with van der Waals surface area (Å²) in [6.45, 7) is 1.90. The van der Waals surface area contributed by atoms with Crippen LogP contribution in [0.2, 0.25) is 0 Å². The molecule has 6 nitrogen and oxygen atoms in total. The van der Waals surface area contributed by atoms with Gasteiger partial charge in [-0.3, -0.25) is 14.9 Å². The average molecular weight is 323 g/mol. The third kappa shape index (κ3) is 4.76. The fourth-order valence-electron chi connectivity index (χ4n) is 1.43. The molecule has 0 saturated carbocycles. The minimum atomic E-state index is -0.364. The summed E-state index contributed by atoms with van der Waals surface area (Å²) < 4.78 is 4.56. The number of nitrogens with one attached hydrogen (secondary N) is 1. The molecule has 2 rings (SSSR count). The van der Waals surface area contributed by atoms with Crippen molar-refractivity contribution < 1.29 is 14.3 Å². The lowest BCUT2D eigenvalue weighted by Gasteiger charge is -1.96. The third-order valence-corrected chi connectivity index (χ3v) is 3.98. The Bertz CT molecular complexity index is 676. The zero-order valence-corrected chi connectivity index (χ0v) is 13.1. The predicted octanol–water partition coefficient (Wildman–Crippen LogP) is 2.28. The second kappa shape index (κ2) is 7.09. The van der Waals surface area contributed by atoms with E-state index >= 15 is 0 Å². The van der Waals surface area contributed by atoms with Gasteiger partial charge in [0.15, 0.2) is 5.13 Å². The van der Waals surface area contributed by atoms with Gasteiger partial charge in [-0.25, -0.2) is 9.97 Å². The standard InChI is InChI=1S/C13H13N3O3S2/c1-8-14-9(6-20-8)3-4-11(17)16-13-15-10(7-21-13)5-12(18)19-2/h3-4,6-7H,5H2,1-2H3,(H,15,16,17)/b4-3+. The molecule has 0 saturated heterocycles. The molecular weight excluding hydrogens is 310 g/mol. The lowest BCUT2D eigenvalue weighted by Crippen LogP contribution is -2.08. The van der Waals surface area contributed by atoms with Crippen LogP contribution in [0.4, 0.5) is 5.13 Å². The highest BCUT2D eigenvalue weighted by Gasteiger charge is 2.08. The summed E-state index contributed by atoms with van der Waals surface area (Å²) >= 11 is 2.78. The predicted molar refractivity (Wildman–Crippen MR) is 82.3 cm³/mol. The van der Waals surface area contributed by atoms with Crippen molar-refractivity contribution in [3.05, 3.63) is 33.2 Å². The molecule has 110 valence electrons. The van der Waals surface area contributed by atoms with Gasteiger partial charge in [0.05, 0.1) is 29.9 Å². The first-order valence-electron chi connectivity index (χ1n) is 5.99. The van der Waals surface area contributed by atoms with Crippen molar-refractivity contribution in [2.75, 3.05) is 12.4 Å². The highest BCUT2D eigenvalue weighted by molar-refractivity contribution is 7.14. The maximum Gasteiger partial charge on any atom is 0.311 e. The molecule has 0 unspecified atom stereocenters. The highest BCUT2D eigenvalue weighted by atomic mass is 32.1. The smallest absolute Gasteiger partial charge is 0.311 e. The van der Waals surface area contributed by atoms with Gasteiger partial charge in [0, 0.05) is 16.8 Å². The summed E-state index contributed by atoms with van der Waals surface area (Å²) in [5, 5.41) is 7.61. The van der Waals surface area contributed by atoms with Crippen molar-refractivity contribution >= 4 is 45.8 Å². The first kappa shape index (κ1) is 15.3. The molecule has 2 aromatic heterocycles. The van der Waals surface area contributed by atoms with Crippen molar-refractivity contribution in [1.29, 1.82) is 0 Å². The molecule has 0 bridgehead atoms. The van der Waals surface area contributed by atoms with Crippen LogP contribution in [0.3, 0.4) is 0 Å². The van der Waals surface area contributed by atoms with Crippen LogP contribution in [-0.4, -0.2) is 29.0 Å². The van der Waals surface area contributed by atoms with Crippen molar-refractivity contribution in [1.82, 2.24) is 9.97 Å². The number of aromatic nitrogens is 2. The molecule has 1 amide bonds. The number of carbonyl (C=O) groups excluding carboxylic acids is 2. The number of nitrogens with zero attached hydrogens (tertiary/aromatic N) is 2. The molecule has 8 heteroatoms. The molecule has 0 aliphatic rings. The quantitative estimate of drug-likeness (QED) is 0.674. The topological polar surface area (TPSA) is 81.2 Å².